The number of amides is 1. The molecular formula is C16H17BrIN3O3. The molecule has 0 spiro atoms. The van der Waals surface area contributed by atoms with Gasteiger partial charge in [0, 0.05) is 13.1 Å². The molecule has 2 rings (SSSR count). The molecule has 0 bridgehead atoms. The Labute approximate surface area is 163 Å². The fourth-order valence-electron chi connectivity index (χ4n) is 2.08. The van der Waals surface area contributed by atoms with Gasteiger partial charge in [-0.1, -0.05) is 5.92 Å². The van der Waals surface area contributed by atoms with E-state index in [-0.39, 0.29) is 12.5 Å². The lowest BCUT2D eigenvalue weighted by Gasteiger charge is -2.25. The maximum atomic E-state index is 11.9. The summed E-state index contributed by atoms with van der Waals surface area (Å²) in [5.41, 5.74) is 3.38. The van der Waals surface area contributed by atoms with Crippen LogP contribution in [0.25, 0.3) is 0 Å². The molecule has 1 amide bonds. The lowest BCUT2D eigenvalue weighted by atomic mass is 10.2. The maximum absolute atomic E-state index is 11.9. The first-order chi connectivity index (χ1) is 11.6. The van der Waals surface area contributed by atoms with E-state index in [1.807, 2.05) is 17.0 Å². The predicted molar refractivity (Wildman–Crippen MR) is 104 cm³/mol. The molecule has 1 aliphatic rings. The lowest BCUT2D eigenvalue weighted by Crippen LogP contribution is -2.42. The van der Waals surface area contributed by atoms with Crippen LogP contribution in [0, 0.1) is 15.9 Å². The highest BCUT2D eigenvalue weighted by Gasteiger charge is 2.13. The SMILES string of the molecule is C#CCOc1c(Br)cc(/C=N/NC(=O)CN2CCOCC2)cc1I. The molecule has 0 unspecified atom stereocenters. The van der Waals surface area contributed by atoms with Crippen LogP contribution in [0.3, 0.4) is 0 Å². The van der Waals surface area contributed by atoms with Crippen molar-refractivity contribution in [3.63, 3.8) is 0 Å². The van der Waals surface area contributed by atoms with Crippen molar-refractivity contribution < 1.29 is 14.3 Å². The molecule has 8 heteroatoms. The zero-order valence-corrected chi connectivity index (χ0v) is 16.7. The van der Waals surface area contributed by atoms with E-state index in [0.29, 0.717) is 25.5 Å². The second-order valence-corrected chi connectivity index (χ2v) is 7.00. The molecular weight excluding hydrogens is 489 g/mol. The summed E-state index contributed by atoms with van der Waals surface area (Å²) in [6, 6.07) is 3.75. The summed E-state index contributed by atoms with van der Waals surface area (Å²) in [6.45, 7) is 3.39. The summed E-state index contributed by atoms with van der Waals surface area (Å²) in [5.74, 6) is 2.99. The first-order valence-electron chi connectivity index (χ1n) is 7.27. The quantitative estimate of drug-likeness (QED) is 0.277. The number of carbonyl (C=O) groups excluding carboxylic acids is 1. The molecule has 1 fully saturated rings. The number of ether oxygens (including phenoxy) is 2. The molecule has 1 aromatic rings. The molecule has 128 valence electrons. The van der Waals surface area contributed by atoms with Gasteiger partial charge in [0.25, 0.3) is 5.91 Å². The average molecular weight is 506 g/mol. The minimum absolute atomic E-state index is 0.143. The number of hydrazone groups is 1. The topological polar surface area (TPSA) is 63.2 Å². The highest BCUT2D eigenvalue weighted by Crippen LogP contribution is 2.31. The van der Waals surface area contributed by atoms with E-state index < -0.39 is 0 Å². The number of terminal acetylenes is 1. The van der Waals surface area contributed by atoms with Gasteiger partial charge in [0.2, 0.25) is 0 Å². The number of hydrogen-bond acceptors (Lipinski definition) is 5. The van der Waals surface area contributed by atoms with Gasteiger partial charge in [0.15, 0.2) is 0 Å². The van der Waals surface area contributed by atoms with E-state index in [9.17, 15) is 4.79 Å². The monoisotopic (exact) mass is 505 g/mol. The molecule has 1 saturated heterocycles. The summed E-state index contributed by atoms with van der Waals surface area (Å²) in [7, 11) is 0. The second-order valence-electron chi connectivity index (χ2n) is 4.99. The standard InChI is InChI=1S/C16H17BrIN3O3/c1-2-5-24-16-13(17)8-12(9-14(16)18)10-19-20-15(22)11-21-3-6-23-7-4-21/h1,8-10H,3-7,11H2,(H,20,22)/b19-10+. The Bertz CT molecular complexity index is 631. The van der Waals surface area contributed by atoms with Crippen LogP contribution in [0.4, 0.5) is 0 Å². The van der Waals surface area contributed by atoms with E-state index in [2.05, 4.69) is 55.0 Å². The molecule has 1 N–H and O–H groups in total. The van der Waals surface area contributed by atoms with Crippen LogP contribution in [-0.2, 0) is 9.53 Å². The van der Waals surface area contributed by atoms with E-state index >= 15 is 0 Å². The summed E-state index contributed by atoms with van der Waals surface area (Å²) in [4.78, 5) is 13.9. The number of morpholine rings is 1. The molecule has 0 aliphatic carbocycles. The van der Waals surface area contributed by atoms with Gasteiger partial charge in [-0.15, -0.1) is 6.42 Å². The van der Waals surface area contributed by atoms with Crippen LogP contribution >= 0.6 is 38.5 Å². The smallest absolute Gasteiger partial charge is 0.254 e. The third kappa shape index (κ3) is 6.05. The van der Waals surface area contributed by atoms with Crippen LogP contribution in [0.2, 0.25) is 0 Å². The molecule has 24 heavy (non-hydrogen) atoms. The Morgan fingerprint density at radius 1 is 1.54 bits per heavy atom. The maximum Gasteiger partial charge on any atom is 0.254 e. The second kappa shape index (κ2) is 9.98. The van der Waals surface area contributed by atoms with Crippen LogP contribution in [0.5, 0.6) is 5.75 Å². The molecule has 6 nitrogen and oxygen atoms in total. The van der Waals surface area contributed by atoms with Crippen molar-refractivity contribution in [3.05, 3.63) is 25.7 Å². The average Bonchev–Trinajstić information content (AvgIpc) is 2.55. The van der Waals surface area contributed by atoms with Crippen molar-refractivity contribution in [2.45, 2.75) is 0 Å². The van der Waals surface area contributed by atoms with Crippen LogP contribution < -0.4 is 10.2 Å². The minimum Gasteiger partial charge on any atom is -0.479 e. The van der Waals surface area contributed by atoms with Crippen molar-refractivity contribution in [1.29, 1.82) is 0 Å². The van der Waals surface area contributed by atoms with E-state index in [1.54, 1.807) is 6.21 Å². The van der Waals surface area contributed by atoms with Gasteiger partial charge in [0.05, 0.1) is 34.0 Å². The van der Waals surface area contributed by atoms with Crippen LogP contribution in [0.1, 0.15) is 5.56 Å². The predicted octanol–water partition coefficient (Wildman–Crippen LogP) is 1.85. The third-order valence-electron chi connectivity index (χ3n) is 3.19. The Morgan fingerprint density at radius 2 is 2.29 bits per heavy atom. The number of carbonyl (C=O) groups is 1. The molecule has 1 heterocycles. The molecule has 0 saturated carbocycles. The van der Waals surface area contributed by atoms with Gasteiger partial charge in [-0.25, -0.2) is 5.43 Å². The highest BCUT2D eigenvalue weighted by atomic mass is 127. The summed E-state index contributed by atoms with van der Waals surface area (Å²) < 4.78 is 12.4. The lowest BCUT2D eigenvalue weighted by molar-refractivity contribution is -0.123. The Kier molecular flexibility index (Phi) is 7.98. The third-order valence-corrected chi connectivity index (χ3v) is 4.58. The summed E-state index contributed by atoms with van der Waals surface area (Å²) in [5, 5.41) is 4.00. The number of nitrogens with one attached hydrogen (secondary N) is 1. The fraction of sp³-hybridized carbons (Fsp3) is 0.375. The van der Waals surface area contributed by atoms with Gasteiger partial charge in [-0.05, 0) is 56.2 Å². The largest absolute Gasteiger partial charge is 0.479 e. The van der Waals surface area contributed by atoms with Gasteiger partial charge in [-0.2, -0.15) is 5.10 Å². The number of halogens is 2. The molecule has 0 aromatic heterocycles. The van der Waals surface area contributed by atoms with Gasteiger partial charge in [-0.3, -0.25) is 9.69 Å². The molecule has 0 radical (unpaired) electrons. The minimum atomic E-state index is -0.143. The zero-order valence-electron chi connectivity index (χ0n) is 12.9. The van der Waals surface area contributed by atoms with Crippen molar-refractivity contribution in [2.75, 3.05) is 39.5 Å². The van der Waals surface area contributed by atoms with Crippen LogP contribution in [-0.4, -0.2) is 56.5 Å². The van der Waals surface area contributed by atoms with E-state index in [1.165, 1.54) is 0 Å². The molecule has 1 aromatic carbocycles. The van der Waals surface area contributed by atoms with Crippen LogP contribution in [0.15, 0.2) is 21.7 Å². The number of nitrogens with zero attached hydrogens (tertiary/aromatic N) is 2. The summed E-state index contributed by atoms with van der Waals surface area (Å²) in [6.07, 6.45) is 6.80. The highest BCUT2D eigenvalue weighted by molar-refractivity contribution is 14.1. The number of benzene rings is 1. The summed E-state index contributed by atoms with van der Waals surface area (Å²) >= 11 is 5.61. The molecule has 1 aliphatic heterocycles. The first-order valence-corrected chi connectivity index (χ1v) is 9.14. The van der Waals surface area contributed by atoms with Gasteiger partial charge >= 0.3 is 0 Å². The first kappa shape index (κ1) is 19.2. The number of rotatable bonds is 6. The van der Waals surface area contributed by atoms with Gasteiger partial charge < -0.3 is 9.47 Å². The molecule has 0 atom stereocenters. The van der Waals surface area contributed by atoms with E-state index in [0.717, 1.165) is 26.7 Å². The normalized spacial score (nSPS) is 15.2. The number of hydrogen-bond donors (Lipinski definition) is 1. The Hall–Kier alpha value is -1.15. The van der Waals surface area contributed by atoms with Crippen molar-refractivity contribution >= 4 is 50.6 Å². The van der Waals surface area contributed by atoms with Crippen molar-refractivity contribution in [1.82, 2.24) is 10.3 Å². The Morgan fingerprint density at radius 3 is 2.96 bits per heavy atom. The zero-order chi connectivity index (χ0) is 17.4. The fourth-order valence-corrected chi connectivity index (χ4v) is 3.85. The van der Waals surface area contributed by atoms with Crippen molar-refractivity contribution in [2.24, 2.45) is 5.10 Å². The van der Waals surface area contributed by atoms with Gasteiger partial charge in [0.1, 0.15) is 12.4 Å². The Balaban J connectivity index is 1.89. The van der Waals surface area contributed by atoms with Crippen molar-refractivity contribution in [3.8, 4) is 18.1 Å². The van der Waals surface area contributed by atoms with E-state index in [4.69, 9.17) is 15.9 Å².